The van der Waals surface area contributed by atoms with Crippen LogP contribution < -0.4 is 10.1 Å². The second-order valence-electron chi connectivity index (χ2n) is 11.3. The van der Waals surface area contributed by atoms with E-state index in [4.69, 9.17) is 16.3 Å². The van der Waals surface area contributed by atoms with Crippen LogP contribution in [0.25, 0.3) is 0 Å². The lowest BCUT2D eigenvalue weighted by Gasteiger charge is -2.36. The number of carbonyl (C=O) groups is 2. The minimum absolute atomic E-state index is 0.0403. The molecule has 1 aromatic heterocycles. The lowest BCUT2D eigenvalue weighted by Crippen LogP contribution is -2.49. The van der Waals surface area contributed by atoms with Crippen molar-refractivity contribution >= 4 is 23.5 Å². The topological polar surface area (TPSA) is 91.8 Å². The zero-order chi connectivity index (χ0) is 26.7. The summed E-state index contributed by atoms with van der Waals surface area (Å²) in [6, 6.07) is 9.91. The number of rotatable bonds is 7. The summed E-state index contributed by atoms with van der Waals surface area (Å²) < 4.78 is 5.45. The number of aliphatic carboxylic acids is 1. The summed E-state index contributed by atoms with van der Waals surface area (Å²) in [6.07, 6.45) is 6.29. The van der Waals surface area contributed by atoms with E-state index in [0.717, 1.165) is 43.2 Å². The van der Waals surface area contributed by atoms with Gasteiger partial charge >= 0.3 is 5.97 Å². The van der Waals surface area contributed by atoms with Gasteiger partial charge in [0.15, 0.2) is 0 Å². The monoisotopic (exact) mass is 527 g/mol. The quantitative estimate of drug-likeness (QED) is 0.495. The number of likely N-dealkylation sites (tertiary alicyclic amines) is 1. The van der Waals surface area contributed by atoms with E-state index in [2.05, 4.69) is 31.1 Å². The van der Waals surface area contributed by atoms with Gasteiger partial charge in [-0.2, -0.15) is 0 Å². The molecule has 1 saturated carbocycles. The molecule has 4 unspecified atom stereocenters. The Balaban J connectivity index is 1.80. The van der Waals surface area contributed by atoms with Gasteiger partial charge in [-0.3, -0.25) is 4.79 Å². The molecule has 1 aromatic carbocycles. The molecule has 8 heteroatoms. The van der Waals surface area contributed by atoms with Crippen LogP contribution in [-0.4, -0.2) is 46.1 Å². The molecule has 2 N–H and O–H groups in total. The molecule has 2 heterocycles. The molecule has 2 fully saturated rings. The molecule has 1 amide bonds. The number of hydrogen-bond donors (Lipinski definition) is 2. The van der Waals surface area contributed by atoms with E-state index in [1.165, 1.54) is 6.20 Å². The smallest absolute Gasteiger partial charge is 0.326 e. The Morgan fingerprint density at radius 1 is 1.16 bits per heavy atom. The molecule has 200 valence electrons. The molecule has 0 spiro atoms. The van der Waals surface area contributed by atoms with Crippen molar-refractivity contribution in [2.45, 2.75) is 77.5 Å². The number of nitrogens with one attached hydrogen (secondary N) is 1. The van der Waals surface area contributed by atoms with Crippen molar-refractivity contribution in [3.8, 4) is 5.88 Å². The first-order valence-corrected chi connectivity index (χ1v) is 13.5. The molecule has 0 radical (unpaired) electrons. The van der Waals surface area contributed by atoms with E-state index < -0.39 is 23.5 Å². The van der Waals surface area contributed by atoms with E-state index in [9.17, 15) is 14.7 Å². The number of pyridine rings is 1. The first-order valence-electron chi connectivity index (χ1n) is 13.1. The summed E-state index contributed by atoms with van der Waals surface area (Å²) in [7, 11) is 1.56. The Bertz CT molecular complexity index is 1100. The molecule has 37 heavy (non-hydrogen) atoms. The highest BCUT2D eigenvalue weighted by Gasteiger charge is 2.58. The minimum atomic E-state index is -0.962. The number of aromatic nitrogens is 1. The van der Waals surface area contributed by atoms with Crippen LogP contribution in [0, 0.1) is 17.3 Å². The van der Waals surface area contributed by atoms with Crippen molar-refractivity contribution in [1.29, 1.82) is 0 Å². The average Bonchev–Trinajstić information content (AvgIpc) is 3.24. The summed E-state index contributed by atoms with van der Waals surface area (Å²) in [4.78, 5) is 33.0. The van der Waals surface area contributed by atoms with Crippen LogP contribution in [0.1, 0.15) is 70.0 Å². The zero-order valence-corrected chi connectivity index (χ0v) is 22.9. The average molecular weight is 528 g/mol. The van der Waals surface area contributed by atoms with Crippen molar-refractivity contribution in [3.05, 3.63) is 58.7 Å². The largest absolute Gasteiger partial charge is 0.481 e. The third-order valence-corrected chi connectivity index (χ3v) is 8.09. The Labute approximate surface area is 224 Å². The zero-order valence-electron chi connectivity index (χ0n) is 22.1. The predicted molar refractivity (Wildman–Crippen MR) is 143 cm³/mol. The van der Waals surface area contributed by atoms with E-state index >= 15 is 0 Å². The number of nitrogens with zero attached hydrogens (tertiary/aromatic N) is 2. The van der Waals surface area contributed by atoms with E-state index in [1.54, 1.807) is 18.1 Å². The summed E-state index contributed by atoms with van der Waals surface area (Å²) in [5, 5.41) is 14.7. The van der Waals surface area contributed by atoms with Crippen LogP contribution >= 0.6 is 11.6 Å². The fourth-order valence-corrected chi connectivity index (χ4v) is 6.48. The fourth-order valence-electron chi connectivity index (χ4n) is 6.29. The molecule has 2 aromatic rings. The maximum Gasteiger partial charge on any atom is 0.326 e. The SMILES string of the molecule is COc1ncc(Cl)cc1CNC1C(c2ccccc2)N(C(=O)C2CCCCC2)C(C(=O)O)C1C(C)(C)C. The Morgan fingerprint density at radius 2 is 1.84 bits per heavy atom. The number of benzene rings is 1. The summed E-state index contributed by atoms with van der Waals surface area (Å²) in [5.41, 5.74) is 1.31. The molecule has 2 aliphatic rings. The van der Waals surface area contributed by atoms with Crippen LogP contribution in [0.15, 0.2) is 42.6 Å². The normalized spacial score (nSPS) is 24.7. The van der Waals surface area contributed by atoms with E-state index in [0.29, 0.717) is 17.4 Å². The Morgan fingerprint density at radius 3 is 2.43 bits per heavy atom. The highest BCUT2D eigenvalue weighted by molar-refractivity contribution is 6.30. The van der Waals surface area contributed by atoms with Gasteiger partial charge in [0.25, 0.3) is 0 Å². The number of carbonyl (C=O) groups excluding carboxylic acids is 1. The highest BCUT2D eigenvalue weighted by Crippen LogP contribution is 2.49. The number of carboxylic acids is 1. The Hall–Kier alpha value is -2.64. The van der Waals surface area contributed by atoms with Crippen LogP contribution in [0.2, 0.25) is 5.02 Å². The van der Waals surface area contributed by atoms with Gasteiger partial charge in [0, 0.05) is 36.2 Å². The van der Waals surface area contributed by atoms with Crippen molar-refractivity contribution in [2.24, 2.45) is 17.3 Å². The molecule has 1 aliphatic heterocycles. The molecular weight excluding hydrogens is 490 g/mol. The predicted octanol–water partition coefficient (Wildman–Crippen LogP) is 5.48. The number of amides is 1. The van der Waals surface area contributed by atoms with Gasteiger partial charge in [-0.15, -0.1) is 0 Å². The molecule has 1 aliphatic carbocycles. The third kappa shape index (κ3) is 5.78. The molecule has 7 nitrogen and oxygen atoms in total. The lowest BCUT2D eigenvalue weighted by atomic mass is 9.72. The van der Waals surface area contributed by atoms with Crippen LogP contribution in [0.4, 0.5) is 0 Å². The van der Waals surface area contributed by atoms with Crippen molar-refractivity contribution in [1.82, 2.24) is 15.2 Å². The second kappa shape index (κ2) is 11.4. The van der Waals surface area contributed by atoms with Gasteiger partial charge in [-0.25, -0.2) is 9.78 Å². The summed E-state index contributed by atoms with van der Waals surface area (Å²) in [5.74, 6) is -1.03. The van der Waals surface area contributed by atoms with Crippen LogP contribution in [-0.2, 0) is 16.1 Å². The van der Waals surface area contributed by atoms with Gasteiger partial charge in [-0.1, -0.05) is 82.0 Å². The third-order valence-electron chi connectivity index (χ3n) is 7.88. The van der Waals surface area contributed by atoms with E-state index in [-0.39, 0.29) is 23.8 Å². The molecular formula is C29H38ClN3O4. The maximum atomic E-state index is 14.1. The number of halogens is 1. The van der Waals surface area contributed by atoms with Gasteiger partial charge in [0.1, 0.15) is 6.04 Å². The lowest BCUT2D eigenvalue weighted by molar-refractivity contribution is -0.154. The van der Waals surface area contributed by atoms with Gasteiger partial charge in [-0.05, 0) is 29.9 Å². The molecule has 1 saturated heterocycles. The van der Waals surface area contributed by atoms with Crippen molar-refractivity contribution < 1.29 is 19.4 Å². The van der Waals surface area contributed by atoms with Crippen molar-refractivity contribution in [2.75, 3.05) is 7.11 Å². The maximum absolute atomic E-state index is 14.1. The van der Waals surface area contributed by atoms with Crippen molar-refractivity contribution in [3.63, 3.8) is 0 Å². The molecule has 0 bridgehead atoms. The molecule has 4 rings (SSSR count). The molecule has 4 atom stereocenters. The van der Waals surface area contributed by atoms with Gasteiger partial charge in [0.05, 0.1) is 18.2 Å². The van der Waals surface area contributed by atoms with E-state index in [1.807, 2.05) is 30.3 Å². The number of hydrogen-bond acceptors (Lipinski definition) is 5. The number of ether oxygens (including phenoxy) is 1. The van der Waals surface area contributed by atoms with Gasteiger partial charge in [0.2, 0.25) is 11.8 Å². The number of methoxy groups -OCH3 is 1. The highest BCUT2D eigenvalue weighted by atomic mass is 35.5. The minimum Gasteiger partial charge on any atom is -0.481 e. The summed E-state index contributed by atoms with van der Waals surface area (Å²) in [6.45, 7) is 6.54. The second-order valence-corrected chi connectivity index (χ2v) is 11.8. The standard InChI is InChI=1S/C29H38ClN3O4/c1-29(2,3)22-23(31-16-20-15-21(30)17-32-26(20)37-4)24(18-11-7-5-8-12-18)33(25(22)28(35)36)27(34)19-13-9-6-10-14-19/h5,7-8,11-12,15,17,19,22-25,31H,6,9-10,13-14,16H2,1-4H3,(H,35,36). The Kier molecular flexibility index (Phi) is 8.44. The first-order chi connectivity index (χ1) is 17.6. The fraction of sp³-hybridized carbons (Fsp3) is 0.552. The summed E-state index contributed by atoms with van der Waals surface area (Å²) >= 11 is 6.23. The van der Waals surface area contributed by atoms with Gasteiger partial charge < -0.3 is 20.1 Å². The van der Waals surface area contributed by atoms with Crippen LogP contribution in [0.5, 0.6) is 5.88 Å². The van der Waals surface area contributed by atoms with Crippen LogP contribution in [0.3, 0.4) is 0 Å². The number of carboxylic acid groups (broad SMARTS) is 1. The first kappa shape index (κ1) is 27.4.